The molecule has 1 fully saturated rings. The Bertz CT molecular complexity index is 5260. The largest absolute Gasteiger partial charge is 0.508 e. The molecule has 7 rings (SSSR count). The summed E-state index contributed by atoms with van der Waals surface area (Å²) in [5.74, 6) is -25.9. The lowest BCUT2D eigenvalue weighted by molar-refractivity contribution is -0.143. The van der Waals surface area contributed by atoms with Gasteiger partial charge in [0.15, 0.2) is 5.43 Å². The highest BCUT2D eigenvalue weighted by Gasteiger charge is 2.41. The highest BCUT2D eigenvalue weighted by atomic mass is 16.4. The molecule has 708 valence electrons. The van der Waals surface area contributed by atoms with Gasteiger partial charge in [0.1, 0.15) is 83.6 Å². The predicted molar refractivity (Wildman–Crippen MR) is 470 cm³/mol. The minimum atomic E-state index is -2.15. The average Bonchev–Trinajstić information content (AvgIpc) is 1.09. The summed E-state index contributed by atoms with van der Waals surface area (Å²) in [6.07, 6.45) is -4.49. The molecule has 1 aliphatic carbocycles. The van der Waals surface area contributed by atoms with Crippen molar-refractivity contribution in [1.82, 2.24) is 78.6 Å². The van der Waals surface area contributed by atoms with Gasteiger partial charge in [-0.15, -0.1) is 0 Å². The van der Waals surface area contributed by atoms with E-state index in [1.54, 1.807) is 58.9 Å². The van der Waals surface area contributed by atoms with E-state index in [1.165, 1.54) is 81.6 Å². The highest BCUT2D eigenvalue weighted by molar-refractivity contribution is 6.13. The summed E-state index contributed by atoms with van der Waals surface area (Å²) in [4.78, 5) is 288. The fraction of sp³-hybridized carbons (Fsp3) is 0.471. The van der Waals surface area contributed by atoms with Gasteiger partial charge in [0.2, 0.25) is 88.6 Å². The number of phenols is 1. The number of aromatic hydroxyl groups is 1. The second-order valence-electron chi connectivity index (χ2n) is 33.1. The van der Waals surface area contributed by atoms with Crippen LogP contribution in [0.4, 0.5) is 4.79 Å². The molecular formula is C87H115N19O25. The Balaban J connectivity index is 1.35. The van der Waals surface area contributed by atoms with Crippen LogP contribution >= 0.6 is 0 Å². The standard InChI is InChI=1S/C87H115N19O25/c1-9-45(8)74-84(127)101-61(37-70(114)115)81(124)99-59(35-66(89)110)79(122)96-57(31-43(4)5)77(120)100-62(38-71(116)117)82(125)103-73(44(6)7)86(129)105(40-68(91)112)29-27-92-87(130)106(85(128)51-18-11-10-17-50(51)72-52-23-21-47(108)33-64(52)131-65-34-48(109)22-24-53(65)72)28-25-69(113)94-58(32-46-39-93-54-19-13-12-16-49(46)54)78(121)98-60(36-67(90)111)80(123)102-63(41-107)83(126)97-56(30-42(2)3)76(119)95-55(75(118)104-74)20-14-15-26-88/h10-13,16-19,21-24,33-34,39,42-45,55-63,73-74,93,107-108H,9,14-15,20,25-32,35-38,40-41,88H2,1-8H3,(H2,89,110)(H2,90,111)(H2,91,112)(H,92,130)(H,94,113)(H,95,119)(H,96,122)(H,97,126)(H,98,121)(H,99,124)(H,100,120)(H,101,127)(H,102,123)(H,103,125)(H,104,118)(H,114,115)(H,116,117)/t45-,55-,56-,57-,58-,59-,60-,61-,62-,63-,73-,74-/m0/s1. The number of aromatic nitrogens is 1. The smallest absolute Gasteiger partial charge is 0.324 e. The lowest BCUT2D eigenvalue weighted by atomic mass is 9.90. The zero-order valence-electron chi connectivity index (χ0n) is 73.6. The molecule has 25 N–H and O–H groups in total. The number of aliphatic hydroxyl groups excluding tert-OH is 1. The quantitative estimate of drug-likeness (QED) is 0.0203. The van der Waals surface area contributed by atoms with Gasteiger partial charge >= 0.3 is 18.0 Å². The van der Waals surface area contributed by atoms with Crippen molar-refractivity contribution in [3.05, 3.63) is 112 Å². The van der Waals surface area contributed by atoms with Crippen LogP contribution in [0.15, 0.2) is 100 Å². The summed E-state index contributed by atoms with van der Waals surface area (Å²) in [6, 6.07) is -1.51. The normalized spacial score (nSPS) is 21.8. The molecule has 44 heteroatoms. The molecule has 1 saturated heterocycles. The van der Waals surface area contributed by atoms with E-state index in [-0.39, 0.29) is 89.8 Å². The van der Waals surface area contributed by atoms with Crippen molar-refractivity contribution in [3.63, 3.8) is 0 Å². The molecule has 0 bridgehead atoms. The van der Waals surface area contributed by atoms with Crippen molar-refractivity contribution < 1.29 is 116 Å². The van der Waals surface area contributed by atoms with Crippen molar-refractivity contribution in [2.75, 3.05) is 39.3 Å². The maximum Gasteiger partial charge on any atom is 0.324 e. The van der Waals surface area contributed by atoms with Crippen LogP contribution in [0, 0.1) is 23.7 Å². The number of carboxylic acids is 2. The van der Waals surface area contributed by atoms with E-state index in [9.17, 15) is 102 Å². The second kappa shape index (κ2) is 48.6. The Hall–Kier alpha value is -14.5. The molecule has 44 nitrogen and oxygen atoms in total. The number of amides is 18. The third kappa shape index (κ3) is 30.1. The number of hydrogen-bond donors (Lipinski definition) is 21. The lowest BCUT2D eigenvalue weighted by Gasteiger charge is -2.31. The third-order valence-corrected chi connectivity index (χ3v) is 21.4. The van der Waals surface area contributed by atoms with Gasteiger partial charge in [0.25, 0.3) is 5.91 Å². The Labute approximate surface area is 751 Å². The van der Waals surface area contributed by atoms with Crippen molar-refractivity contribution >= 4 is 134 Å². The van der Waals surface area contributed by atoms with Crippen molar-refractivity contribution in [1.29, 1.82) is 0 Å². The number of phenolic OH excluding ortho intramolecular Hbond substituents is 1. The van der Waals surface area contributed by atoms with Gasteiger partial charge in [0.05, 0.1) is 38.8 Å². The minimum Gasteiger partial charge on any atom is -0.508 e. The molecule has 0 unspecified atom stereocenters. The first kappa shape index (κ1) is 104. The number of benzene rings is 4. The summed E-state index contributed by atoms with van der Waals surface area (Å²) < 4.78 is 6.08. The SMILES string of the molecule is CC[C@H](C)[C@@H]1NC(=O)[C@H](CCCCN)NC(=O)[C@H](CC(C)C)NC(=O)[C@H](CO)NC(=O)[C@H](CC(N)=O)NC(=O)[C@H](Cc2c[nH]c3ccccc23)NC(=O)CCN(C(=O)c2ccccc2-c2c3ccc(=O)cc-3oc3cc(O)ccc23)C(=O)NCCN(CC(N)=O)C(=O)[C@H](C(C)C)NC(=O)[C@H](CC(=O)O)NC(=O)[C@H](CC(C)C)NC(=O)[C@H](CC(N)=O)NC(=O)[C@H](CC(=O)O)NC1=O. The molecule has 4 aromatic rings. The number of fused-ring (bicyclic) bond motifs is 3. The van der Waals surface area contributed by atoms with Gasteiger partial charge in [-0.1, -0.05) is 98.2 Å². The third-order valence-electron chi connectivity index (χ3n) is 21.4. The van der Waals surface area contributed by atoms with E-state index in [4.69, 9.17) is 27.4 Å². The molecule has 1 aromatic heterocycles. The molecule has 3 heterocycles. The molecule has 18 amide bonds. The maximum absolute atomic E-state index is 15.7. The minimum absolute atomic E-state index is 0.00193. The van der Waals surface area contributed by atoms with Crippen LogP contribution in [0.25, 0.3) is 44.3 Å². The van der Waals surface area contributed by atoms with Gasteiger partial charge in [-0.05, 0) is 110 Å². The van der Waals surface area contributed by atoms with Gasteiger partial charge < -0.3 is 121 Å². The Kier molecular flexibility index (Phi) is 38.5. The molecule has 0 spiro atoms. The van der Waals surface area contributed by atoms with Crippen LogP contribution < -0.4 is 92.2 Å². The van der Waals surface area contributed by atoms with E-state index in [0.717, 1.165) is 11.0 Å². The number of nitrogens with two attached hydrogens (primary N) is 4. The first-order valence-electron chi connectivity index (χ1n) is 42.6. The number of imide groups is 1. The molecular weight excluding hydrogens is 1710 g/mol. The van der Waals surface area contributed by atoms with E-state index >= 15 is 14.4 Å². The van der Waals surface area contributed by atoms with Gasteiger partial charge in [0, 0.05) is 83.8 Å². The molecule has 0 radical (unpaired) electrons. The Morgan fingerprint density at radius 2 is 1.02 bits per heavy atom. The number of aromatic amines is 1. The molecule has 3 aliphatic rings. The monoisotopic (exact) mass is 1830 g/mol. The van der Waals surface area contributed by atoms with Crippen LogP contribution in [0.5, 0.6) is 5.75 Å². The number of para-hydroxylation sites is 1. The van der Waals surface area contributed by atoms with Crippen LogP contribution in [0.2, 0.25) is 0 Å². The zero-order valence-corrected chi connectivity index (χ0v) is 73.6. The maximum atomic E-state index is 15.7. The Morgan fingerprint density at radius 1 is 0.511 bits per heavy atom. The summed E-state index contributed by atoms with van der Waals surface area (Å²) in [7, 11) is 0. The number of carbonyl (C=O) groups is 19. The second-order valence-corrected chi connectivity index (χ2v) is 33.1. The van der Waals surface area contributed by atoms with Crippen molar-refractivity contribution in [3.8, 4) is 28.2 Å². The topological polar surface area (TPSA) is 706 Å². The number of carbonyl (C=O) groups excluding carboxylic acids is 17. The summed E-state index contributed by atoms with van der Waals surface area (Å²) >= 11 is 0. The number of nitrogens with zero attached hydrogens (tertiary/aromatic N) is 2. The van der Waals surface area contributed by atoms with Crippen LogP contribution in [-0.2, 0) is 87.9 Å². The van der Waals surface area contributed by atoms with Gasteiger partial charge in [-0.25, -0.2) is 4.79 Å². The summed E-state index contributed by atoms with van der Waals surface area (Å²) in [6.45, 7) is 8.01. The first-order chi connectivity index (χ1) is 61.9. The fourth-order valence-corrected chi connectivity index (χ4v) is 14.6. The predicted octanol–water partition coefficient (Wildman–Crippen LogP) is -2.19. The lowest BCUT2D eigenvalue weighted by Crippen LogP contribution is -2.62. The van der Waals surface area contributed by atoms with E-state index in [2.05, 4.69) is 68.8 Å². The van der Waals surface area contributed by atoms with E-state index in [1.807, 2.05) is 0 Å². The average molecular weight is 1830 g/mol. The summed E-state index contributed by atoms with van der Waals surface area (Å²) in [5.41, 5.74) is 23.6. The number of hydrogen-bond acceptors (Lipinski definition) is 24. The number of H-pyrrole nitrogens is 1. The molecule has 12 atom stereocenters. The van der Waals surface area contributed by atoms with Crippen molar-refractivity contribution in [2.24, 2.45) is 46.6 Å². The molecule has 3 aromatic carbocycles. The van der Waals surface area contributed by atoms with Crippen LogP contribution in [0.3, 0.4) is 0 Å². The number of urea groups is 1. The molecule has 2 aliphatic heterocycles. The number of unbranched alkanes of at least 4 members (excludes halogenated alkanes) is 1. The van der Waals surface area contributed by atoms with Crippen LogP contribution in [0.1, 0.15) is 142 Å². The fourth-order valence-electron chi connectivity index (χ4n) is 14.6. The number of aliphatic hydroxyl groups is 1. The first-order valence-corrected chi connectivity index (χ1v) is 42.6. The molecule has 131 heavy (non-hydrogen) atoms. The van der Waals surface area contributed by atoms with E-state index < -0.39 is 279 Å². The Morgan fingerprint density at radius 3 is 1.56 bits per heavy atom. The van der Waals surface area contributed by atoms with Gasteiger partial charge in [-0.3, -0.25) is 96.0 Å². The van der Waals surface area contributed by atoms with E-state index in [0.29, 0.717) is 21.4 Å². The number of primary amides is 3. The number of aliphatic carboxylic acids is 2. The number of nitrogens with one attached hydrogen (secondary N) is 13. The summed E-state index contributed by atoms with van der Waals surface area (Å²) in [5, 5.41) is 71.4. The highest BCUT2D eigenvalue weighted by Crippen LogP contribution is 2.42. The van der Waals surface area contributed by atoms with Crippen molar-refractivity contribution in [2.45, 2.75) is 199 Å². The van der Waals surface area contributed by atoms with Gasteiger partial charge in [-0.2, -0.15) is 0 Å². The van der Waals surface area contributed by atoms with Crippen LogP contribution in [-0.4, -0.2) is 253 Å². The molecule has 0 saturated carbocycles. The number of rotatable bonds is 26. The zero-order chi connectivity index (χ0) is 96.9. The number of carboxylic acid groups (broad SMARTS) is 2.